The Labute approximate surface area is 83.7 Å². The molecule has 0 nitrogen and oxygen atoms in total. The second-order valence-electron chi connectivity index (χ2n) is 3.91. The van der Waals surface area contributed by atoms with Crippen LogP contribution in [0.4, 0.5) is 0 Å². The third-order valence-corrected chi connectivity index (χ3v) is 2.42. The first kappa shape index (κ1) is 12.5. The number of allylic oxidation sites excluding steroid dienone is 2. The van der Waals surface area contributed by atoms with E-state index in [0.717, 1.165) is 5.92 Å². The molecule has 0 aliphatic rings. The van der Waals surface area contributed by atoms with Gasteiger partial charge in [0.05, 0.1) is 0 Å². The van der Waals surface area contributed by atoms with Crippen LogP contribution in [-0.4, -0.2) is 0 Å². The SMILES string of the molecule is C=CCCCCCCC(C)CC=C. The van der Waals surface area contributed by atoms with E-state index in [9.17, 15) is 0 Å². The van der Waals surface area contributed by atoms with E-state index in [-0.39, 0.29) is 0 Å². The lowest BCUT2D eigenvalue weighted by Gasteiger charge is -2.07. The van der Waals surface area contributed by atoms with Crippen LogP contribution < -0.4 is 0 Å². The minimum Gasteiger partial charge on any atom is -0.103 e. The van der Waals surface area contributed by atoms with Crippen molar-refractivity contribution in [1.29, 1.82) is 0 Å². The Bertz CT molecular complexity index is 124. The predicted molar refractivity (Wildman–Crippen MR) is 61.9 cm³/mol. The van der Waals surface area contributed by atoms with Crippen LogP contribution in [0.5, 0.6) is 0 Å². The normalized spacial score (nSPS) is 12.4. The second kappa shape index (κ2) is 9.57. The molecule has 0 aliphatic carbocycles. The lowest BCUT2D eigenvalue weighted by molar-refractivity contribution is 0.492. The molecule has 0 rings (SSSR count). The Morgan fingerprint density at radius 2 is 1.69 bits per heavy atom. The molecule has 0 spiro atoms. The molecular weight excluding hydrogens is 156 g/mol. The van der Waals surface area contributed by atoms with Gasteiger partial charge in [0.15, 0.2) is 0 Å². The molecule has 0 bridgehead atoms. The van der Waals surface area contributed by atoms with Crippen LogP contribution >= 0.6 is 0 Å². The monoisotopic (exact) mass is 180 g/mol. The Morgan fingerprint density at radius 1 is 1.00 bits per heavy atom. The Hall–Kier alpha value is -0.520. The quantitative estimate of drug-likeness (QED) is 0.355. The van der Waals surface area contributed by atoms with Crippen molar-refractivity contribution in [1.82, 2.24) is 0 Å². The summed E-state index contributed by atoms with van der Waals surface area (Å²) in [6.45, 7) is 9.79. The summed E-state index contributed by atoms with van der Waals surface area (Å²) < 4.78 is 0. The standard InChI is InChI=1S/C13H24/c1-4-6-7-8-9-10-12-13(3)11-5-2/h4-5,13H,1-2,6-12H2,3H3. The first-order chi connectivity index (χ1) is 6.31. The van der Waals surface area contributed by atoms with Crippen molar-refractivity contribution in [2.75, 3.05) is 0 Å². The number of unbranched alkanes of at least 4 members (excludes halogenated alkanes) is 4. The van der Waals surface area contributed by atoms with Crippen molar-refractivity contribution in [2.24, 2.45) is 5.92 Å². The van der Waals surface area contributed by atoms with Gasteiger partial charge in [-0.3, -0.25) is 0 Å². The number of hydrogen-bond donors (Lipinski definition) is 0. The predicted octanol–water partition coefficient (Wildman–Crippen LogP) is 4.73. The molecule has 0 fully saturated rings. The van der Waals surface area contributed by atoms with Gasteiger partial charge in [-0.2, -0.15) is 0 Å². The Balaban J connectivity index is 3.05. The van der Waals surface area contributed by atoms with Gasteiger partial charge in [0.25, 0.3) is 0 Å². The lowest BCUT2D eigenvalue weighted by atomic mass is 9.99. The van der Waals surface area contributed by atoms with Gasteiger partial charge in [0.1, 0.15) is 0 Å². The Morgan fingerprint density at radius 3 is 2.31 bits per heavy atom. The molecule has 13 heavy (non-hydrogen) atoms. The van der Waals surface area contributed by atoms with Crippen molar-refractivity contribution in [2.45, 2.75) is 51.9 Å². The van der Waals surface area contributed by atoms with Crippen molar-refractivity contribution in [3.8, 4) is 0 Å². The highest BCUT2D eigenvalue weighted by molar-refractivity contribution is 4.70. The molecule has 0 aromatic carbocycles. The van der Waals surface area contributed by atoms with Crippen LogP contribution in [0.2, 0.25) is 0 Å². The van der Waals surface area contributed by atoms with Crippen LogP contribution in [0.3, 0.4) is 0 Å². The first-order valence-electron chi connectivity index (χ1n) is 5.53. The van der Waals surface area contributed by atoms with E-state index in [1.165, 1.54) is 44.9 Å². The zero-order valence-electron chi connectivity index (χ0n) is 9.10. The van der Waals surface area contributed by atoms with E-state index < -0.39 is 0 Å². The largest absolute Gasteiger partial charge is 0.103 e. The van der Waals surface area contributed by atoms with Gasteiger partial charge in [0.2, 0.25) is 0 Å². The van der Waals surface area contributed by atoms with Crippen LogP contribution in [0, 0.1) is 5.92 Å². The first-order valence-corrected chi connectivity index (χ1v) is 5.53. The zero-order chi connectivity index (χ0) is 9.94. The Kier molecular flexibility index (Phi) is 9.18. The van der Waals surface area contributed by atoms with Crippen molar-refractivity contribution in [3.05, 3.63) is 25.3 Å². The molecule has 0 aromatic rings. The van der Waals surface area contributed by atoms with E-state index in [4.69, 9.17) is 0 Å². The van der Waals surface area contributed by atoms with Crippen molar-refractivity contribution >= 4 is 0 Å². The van der Waals surface area contributed by atoms with Crippen molar-refractivity contribution in [3.63, 3.8) is 0 Å². The summed E-state index contributed by atoms with van der Waals surface area (Å²) in [6.07, 6.45) is 13.2. The van der Waals surface area contributed by atoms with Gasteiger partial charge in [0, 0.05) is 0 Å². The average Bonchev–Trinajstić information content (AvgIpc) is 2.11. The van der Waals surface area contributed by atoms with Gasteiger partial charge in [-0.25, -0.2) is 0 Å². The fourth-order valence-electron chi connectivity index (χ4n) is 1.54. The number of hydrogen-bond acceptors (Lipinski definition) is 0. The maximum absolute atomic E-state index is 3.76. The average molecular weight is 180 g/mol. The highest BCUT2D eigenvalue weighted by Crippen LogP contribution is 2.14. The summed E-state index contributed by atoms with van der Waals surface area (Å²) >= 11 is 0. The van der Waals surface area contributed by atoms with E-state index >= 15 is 0 Å². The van der Waals surface area contributed by atoms with Gasteiger partial charge < -0.3 is 0 Å². The molecule has 0 amide bonds. The molecular formula is C13H24. The van der Waals surface area contributed by atoms with Gasteiger partial charge in [-0.05, 0) is 25.2 Å². The highest BCUT2D eigenvalue weighted by Gasteiger charge is 1.98. The molecule has 0 saturated carbocycles. The smallest absolute Gasteiger partial charge is 0.0328 e. The van der Waals surface area contributed by atoms with Gasteiger partial charge in [-0.1, -0.05) is 44.8 Å². The number of rotatable bonds is 9. The summed E-state index contributed by atoms with van der Waals surface area (Å²) in [5, 5.41) is 0. The molecule has 0 heterocycles. The summed E-state index contributed by atoms with van der Waals surface area (Å²) in [6, 6.07) is 0. The van der Waals surface area contributed by atoms with Crippen LogP contribution in [0.15, 0.2) is 25.3 Å². The van der Waals surface area contributed by atoms with Crippen molar-refractivity contribution < 1.29 is 0 Å². The van der Waals surface area contributed by atoms with E-state index in [1.807, 2.05) is 12.2 Å². The fourth-order valence-corrected chi connectivity index (χ4v) is 1.54. The second-order valence-corrected chi connectivity index (χ2v) is 3.91. The molecule has 76 valence electrons. The molecule has 0 aliphatic heterocycles. The van der Waals surface area contributed by atoms with E-state index in [0.29, 0.717) is 0 Å². The minimum atomic E-state index is 0.830. The zero-order valence-corrected chi connectivity index (χ0v) is 9.10. The molecule has 0 N–H and O–H groups in total. The molecule has 0 radical (unpaired) electrons. The fraction of sp³-hybridized carbons (Fsp3) is 0.692. The summed E-state index contributed by atoms with van der Waals surface area (Å²) in [4.78, 5) is 0. The maximum Gasteiger partial charge on any atom is -0.0328 e. The molecule has 0 saturated heterocycles. The van der Waals surface area contributed by atoms with Crippen LogP contribution in [-0.2, 0) is 0 Å². The van der Waals surface area contributed by atoms with E-state index in [2.05, 4.69) is 20.1 Å². The topological polar surface area (TPSA) is 0 Å². The van der Waals surface area contributed by atoms with Gasteiger partial charge >= 0.3 is 0 Å². The van der Waals surface area contributed by atoms with Gasteiger partial charge in [-0.15, -0.1) is 13.2 Å². The lowest BCUT2D eigenvalue weighted by Crippen LogP contribution is -1.92. The summed E-state index contributed by atoms with van der Waals surface area (Å²) in [5.74, 6) is 0.830. The third kappa shape index (κ3) is 9.39. The summed E-state index contributed by atoms with van der Waals surface area (Å²) in [5.41, 5.74) is 0. The molecule has 1 unspecified atom stereocenters. The molecule has 0 aromatic heterocycles. The minimum absolute atomic E-state index is 0.830. The third-order valence-electron chi connectivity index (χ3n) is 2.42. The maximum atomic E-state index is 3.76. The molecule has 0 heteroatoms. The summed E-state index contributed by atoms with van der Waals surface area (Å²) in [7, 11) is 0. The van der Waals surface area contributed by atoms with Crippen LogP contribution in [0.1, 0.15) is 51.9 Å². The highest BCUT2D eigenvalue weighted by atomic mass is 14.0. The molecule has 1 atom stereocenters. The van der Waals surface area contributed by atoms with E-state index in [1.54, 1.807) is 0 Å². The van der Waals surface area contributed by atoms with Crippen LogP contribution in [0.25, 0.3) is 0 Å².